The van der Waals surface area contributed by atoms with Crippen LogP contribution in [0.5, 0.6) is 0 Å². The summed E-state index contributed by atoms with van der Waals surface area (Å²) in [5.74, 6) is -1.44. The molecule has 2 aromatic carbocycles. The van der Waals surface area contributed by atoms with E-state index in [0.717, 1.165) is 48.6 Å². The fraction of sp³-hybridized carbons (Fsp3) is 0.333. The van der Waals surface area contributed by atoms with Crippen LogP contribution in [-0.4, -0.2) is 50.2 Å². The first kappa shape index (κ1) is 20.9. The van der Waals surface area contributed by atoms with Gasteiger partial charge < -0.3 is 26.2 Å². The van der Waals surface area contributed by atoms with E-state index in [0.29, 0.717) is 5.57 Å². The fourth-order valence-electron chi connectivity index (χ4n) is 4.24. The number of primary amides is 1. The first-order chi connectivity index (χ1) is 14.9. The van der Waals surface area contributed by atoms with E-state index >= 15 is 0 Å². The van der Waals surface area contributed by atoms with Gasteiger partial charge >= 0.3 is 0 Å². The molecule has 1 unspecified atom stereocenters. The van der Waals surface area contributed by atoms with Gasteiger partial charge in [-0.15, -0.1) is 0 Å². The van der Waals surface area contributed by atoms with Crippen LogP contribution >= 0.6 is 0 Å². The van der Waals surface area contributed by atoms with Gasteiger partial charge in [0, 0.05) is 55.5 Å². The summed E-state index contributed by atoms with van der Waals surface area (Å²) < 4.78 is 0. The average Bonchev–Trinajstić information content (AvgIpc) is 2.75. The fourth-order valence-corrected chi connectivity index (χ4v) is 4.24. The summed E-state index contributed by atoms with van der Waals surface area (Å²) in [4.78, 5) is 21.1. The Balaban J connectivity index is 1.63. The van der Waals surface area contributed by atoms with Gasteiger partial charge in [-0.1, -0.05) is 18.2 Å². The number of nitrogens with one attached hydrogen (secondary N) is 2. The minimum atomic E-state index is -0.927. The topological polar surface area (TPSA) is 86.0 Å². The van der Waals surface area contributed by atoms with Gasteiger partial charge in [0.25, 0.3) is 5.91 Å². The number of nitrogens with two attached hydrogens (primary N) is 1. The van der Waals surface area contributed by atoms with Gasteiger partial charge in [0.15, 0.2) is 0 Å². The van der Waals surface area contributed by atoms with Gasteiger partial charge in [-0.2, -0.15) is 0 Å². The molecule has 2 aliphatic heterocycles. The third-order valence-corrected chi connectivity index (χ3v) is 6.02. The second kappa shape index (κ2) is 8.43. The molecule has 0 aliphatic carbocycles. The smallest absolute Gasteiger partial charge is 0.251 e. The number of aryl methyl sites for hydroxylation is 2. The normalized spacial score (nSPS) is 21.4. The van der Waals surface area contributed by atoms with Crippen LogP contribution in [0, 0.1) is 13.8 Å². The van der Waals surface area contributed by atoms with Crippen LogP contribution in [0.2, 0.25) is 0 Å². The molecule has 0 spiro atoms. The van der Waals surface area contributed by atoms with Crippen molar-refractivity contribution in [3.63, 3.8) is 0 Å². The highest BCUT2D eigenvalue weighted by atomic mass is 16.1. The van der Waals surface area contributed by atoms with Crippen molar-refractivity contribution in [2.24, 2.45) is 10.7 Å². The maximum Gasteiger partial charge on any atom is 0.251 e. The number of anilines is 2. The first-order valence-corrected chi connectivity index (χ1v) is 10.6. The predicted molar refractivity (Wildman–Crippen MR) is 126 cm³/mol. The van der Waals surface area contributed by atoms with Crippen molar-refractivity contribution in [1.82, 2.24) is 10.2 Å². The molecule has 2 aromatic rings. The summed E-state index contributed by atoms with van der Waals surface area (Å²) in [7, 11) is 2.16. The SMILES string of the molecule is Cc1cccc(C)c1C1(Nc2ccc(N3CCN(C)CC3)cc2)N=CC(C(N)=O)=CN1. The Hall–Kier alpha value is -3.32. The van der Waals surface area contributed by atoms with E-state index in [4.69, 9.17) is 10.7 Å². The van der Waals surface area contributed by atoms with Crippen LogP contribution in [0.25, 0.3) is 0 Å². The number of benzene rings is 2. The number of aliphatic imine (C=N–C) groups is 1. The lowest BCUT2D eigenvalue weighted by Crippen LogP contribution is -2.48. The van der Waals surface area contributed by atoms with Crippen LogP contribution in [0.4, 0.5) is 11.4 Å². The number of rotatable bonds is 5. The third kappa shape index (κ3) is 4.27. The van der Waals surface area contributed by atoms with Crippen molar-refractivity contribution in [3.8, 4) is 0 Å². The largest absolute Gasteiger partial charge is 0.369 e. The van der Waals surface area contributed by atoms with Crippen molar-refractivity contribution in [3.05, 3.63) is 70.9 Å². The predicted octanol–water partition coefficient (Wildman–Crippen LogP) is 2.32. The standard InChI is InChI=1S/C24H30N6O/c1-17-5-4-6-18(2)22(17)24(26-15-19(16-27-24)23(25)31)28-20-7-9-21(10-8-20)30-13-11-29(3)12-14-30/h4-10,15-16,26,28H,11-14H2,1-3H3,(H2,25,31). The Bertz CT molecular complexity index is 1000. The molecule has 7 nitrogen and oxygen atoms in total. The molecular weight excluding hydrogens is 388 g/mol. The Morgan fingerprint density at radius 3 is 2.26 bits per heavy atom. The van der Waals surface area contributed by atoms with Crippen molar-refractivity contribution in [2.45, 2.75) is 19.6 Å². The number of carbonyl (C=O) groups excluding carboxylic acids is 1. The lowest BCUT2D eigenvalue weighted by atomic mass is 9.95. The second-order valence-corrected chi connectivity index (χ2v) is 8.31. The summed E-state index contributed by atoms with van der Waals surface area (Å²) in [5.41, 5.74) is 11.1. The molecule has 1 amide bonds. The van der Waals surface area contributed by atoms with Gasteiger partial charge in [0.2, 0.25) is 5.79 Å². The van der Waals surface area contributed by atoms with E-state index < -0.39 is 11.7 Å². The molecule has 1 atom stereocenters. The number of nitrogens with zero attached hydrogens (tertiary/aromatic N) is 3. The lowest BCUT2D eigenvalue weighted by molar-refractivity contribution is -0.114. The van der Waals surface area contributed by atoms with Gasteiger partial charge in [-0.25, -0.2) is 4.99 Å². The van der Waals surface area contributed by atoms with Crippen LogP contribution < -0.4 is 21.3 Å². The van der Waals surface area contributed by atoms with Crippen molar-refractivity contribution >= 4 is 23.5 Å². The van der Waals surface area contributed by atoms with Crippen LogP contribution in [0.3, 0.4) is 0 Å². The summed E-state index contributed by atoms with van der Waals surface area (Å²) in [5, 5.41) is 6.86. The first-order valence-electron chi connectivity index (χ1n) is 10.6. The number of likely N-dealkylation sites (N-methyl/N-ethyl adjacent to an activating group) is 1. The number of hydrogen-bond acceptors (Lipinski definition) is 6. The van der Waals surface area contributed by atoms with Gasteiger partial charge in [-0.3, -0.25) is 4.79 Å². The molecule has 162 valence electrons. The molecule has 0 aromatic heterocycles. The molecule has 0 bridgehead atoms. The van der Waals surface area contributed by atoms with Crippen LogP contribution in [-0.2, 0) is 10.6 Å². The highest BCUT2D eigenvalue weighted by molar-refractivity contribution is 6.11. The summed E-state index contributed by atoms with van der Waals surface area (Å²) >= 11 is 0. The maximum absolute atomic E-state index is 11.6. The van der Waals surface area contributed by atoms with Crippen molar-refractivity contribution in [2.75, 3.05) is 43.4 Å². The quantitative estimate of drug-likeness (QED) is 0.694. The maximum atomic E-state index is 11.6. The molecule has 2 aliphatic rings. The molecule has 4 rings (SSSR count). The molecule has 31 heavy (non-hydrogen) atoms. The Morgan fingerprint density at radius 1 is 1.06 bits per heavy atom. The van der Waals surface area contributed by atoms with E-state index in [9.17, 15) is 4.79 Å². The Morgan fingerprint density at radius 2 is 1.71 bits per heavy atom. The minimum Gasteiger partial charge on any atom is -0.369 e. The molecule has 0 saturated carbocycles. The highest BCUT2D eigenvalue weighted by Gasteiger charge is 2.35. The van der Waals surface area contributed by atoms with E-state index in [1.807, 2.05) is 6.07 Å². The molecule has 4 N–H and O–H groups in total. The van der Waals surface area contributed by atoms with E-state index in [1.54, 1.807) is 6.20 Å². The van der Waals surface area contributed by atoms with Crippen molar-refractivity contribution in [1.29, 1.82) is 0 Å². The number of carbonyl (C=O) groups is 1. The van der Waals surface area contributed by atoms with Gasteiger partial charge in [0.05, 0.1) is 5.57 Å². The molecule has 2 heterocycles. The molecular formula is C24H30N6O. The van der Waals surface area contributed by atoms with Gasteiger partial charge in [0.1, 0.15) is 0 Å². The van der Waals surface area contributed by atoms with E-state index in [-0.39, 0.29) is 0 Å². The number of amides is 1. The molecule has 1 fully saturated rings. The summed E-state index contributed by atoms with van der Waals surface area (Å²) in [6, 6.07) is 14.6. The summed E-state index contributed by atoms with van der Waals surface area (Å²) in [6.07, 6.45) is 3.17. The minimum absolute atomic E-state index is 0.342. The van der Waals surface area contributed by atoms with Gasteiger partial charge in [-0.05, 0) is 56.3 Å². The zero-order valence-electron chi connectivity index (χ0n) is 18.4. The van der Waals surface area contributed by atoms with Crippen LogP contribution in [0.15, 0.2) is 59.2 Å². The Kier molecular flexibility index (Phi) is 5.69. The molecule has 0 radical (unpaired) electrons. The van der Waals surface area contributed by atoms with E-state index in [1.165, 1.54) is 11.9 Å². The zero-order valence-corrected chi connectivity index (χ0v) is 18.4. The number of piperazine rings is 1. The highest BCUT2D eigenvalue weighted by Crippen LogP contribution is 2.33. The van der Waals surface area contributed by atoms with E-state index in [2.05, 4.69) is 77.7 Å². The molecule has 7 heteroatoms. The lowest BCUT2D eigenvalue weighted by Gasteiger charge is -2.37. The Labute approximate surface area is 183 Å². The van der Waals surface area contributed by atoms with Crippen LogP contribution in [0.1, 0.15) is 16.7 Å². The molecule has 1 saturated heterocycles. The average molecular weight is 419 g/mol. The van der Waals surface area contributed by atoms with Crippen molar-refractivity contribution < 1.29 is 4.79 Å². The third-order valence-electron chi connectivity index (χ3n) is 6.02. The summed E-state index contributed by atoms with van der Waals surface area (Å²) in [6.45, 7) is 8.33. The monoisotopic (exact) mass is 418 g/mol. The number of hydrogen-bond donors (Lipinski definition) is 3. The zero-order chi connectivity index (χ0) is 22.0. The second-order valence-electron chi connectivity index (χ2n) is 8.31.